The van der Waals surface area contributed by atoms with Gasteiger partial charge in [-0.25, -0.2) is 0 Å². The Hall–Kier alpha value is -7.82. The maximum Gasteiger partial charge on any atom is 0.135 e. The van der Waals surface area contributed by atoms with Gasteiger partial charge >= 0.3 is 0 Å². The Morgan fingerprint density at radius 1 is 0.328 bits per heavy atom. The summed E-state index contributed by atoms with van der Waals surface area (Å²) in [6.07, 6.45) is 0. The Morgan fingerprint density at radius 2 is 0.862 bits per heavy atom. The summed E-state index contributed by atoms with van der Waals surface area (Å²) in [6.45, 7) is 0. The smallest absolute Gasteiger partial charge is 0.135 e. The SMILES string of the molecule is c1ccc(N(c2ccccc2)c2ccc3oc4ccc(-c5ccc6c(c5)c5ccccc5n6-c5cccc6c5c5ccccc5n6-c5ccccc5)cc4c3c2)cc1. The molecular weight excluding hydrogens is 707 g/mol. The molecule has 0 amide bonds. The molecule has 0 spiro atoms. The molecule has 0 aliphatic heterocycles. The fraction of sp³-hybridized carbons (Fsp3) is 0. The lowest BCUT2D eigenvalue weighted by molar-refractivity contribution is 0.669. The van der Waals surface area contributed by atoms with Crippen molar-refractivity contribution in [1.82, 2.24) is 9.13 Å². The van der Waals surface area contributed by atoms with E-state index >= 15 is 0 Å². The number of rotatable bonds is 6. The molecule has 0 fully saturated rings. The predicted octanol–water partition coefficient (Wildman–Crippen LogP) is 14.9. The Bertz CT molecular complexity index is 3460. The predicted molar refractivity (Wildman–Crippen MR) is 243 cm³/mol. The minimum atomic E-state index is 0.873. The van der Waals surface area contributed by atoms with Gasteiger partial charge in [-0.15, -0.1) is 0 Å². The fourth-order valence-electron chi connectivity index (χ4n) is 9.14. The van der Waals surface area contributed by atoms with Gasteiger partial charge in [-0.1, -0.05) is 109 Å². The topological polar surface area (TPSA) is 26.2 Å². The molecule has 3 aromatic heterocycles. The van der Waals surface area contributed by atoms with Crippen LogP contribution in [0.15, 0.2) is 217 Å². The third-order valence-corrected chi connectivity index (χ3v) is 11.7. The molecule has 0 aliphatic rings. The first-order valence-electron chi connectivity index (χ1n) is 19.8. The average molecular weight is 742 g/mol. The molecule has 272 valence electrons. The van der Waals surface area contributed by atoms with Crippen LogP contribution in [0.25, 0.3) is 88.1 Å². The van der Waals surface area contributed by atoms with Gasteiger partial charge in [0.15, 0.2) is 0 Å². The first kappa shape index (κ1) is 32.4. The summed E-state index contributed by atoms with van der Waals surface area (Å²) in [5.74, 6) is 0. The molecular formula is C54H35N3O. The van der Waals surface area contributed by atoms with E-state index in [1.54, 1.807) is 0 Å². The van der Waals surface area contributed by atoms with Gasteiger partial charge in [-0.3, -0.25) is 0 Å². The second-order valence-electron chi connectivity index (χ2n) is 14.9. The summed E-state index contributed by atoms with van der Waals surface area (Å²) in [7, 11) is 0. The Labute approximate surface area is 334 Å². The van der Waals surface area contributed by atoms with E-state index in [-0.39, 0.29) is 0 Å². The second kappa shape index (κ2) is 12.9. The zero-order valence-electron chi connectivity index (χ0n) is 31.5. The van der Waals surface area contributed by atoms with Crippen LogP contribution in [0, 0.1) is 0 Å². The zero-order valence-corrected chi connectivity index (χ0v) is 31.5. The second-order valence-corrected chi connectivity index (χ2v) is 14.9. The van der Waals surface area contributed by atoms with E-state index in [2.05, 4.69) is 226 Å². The molecule has 0 bridgehead atoms. The maximum atomic E-state index is 6.44. The highest BCUT2D eigenvalue weighted by atomic mass is 16.3. The molecule has 0 saturated heterocycles. The lowest BCUT2D eigenvalue weighted by Crippen LogP contribution is -2.09. The number of furan rings is 1. The van der Waals surface area contributed by atoms with Crippen molar-refractivity contribution in [3.8, 4) is 22.5 Å². The summed E-state index contributed by atoms with van der Waals surface area (Å²) in [4.78, 5) is 2.30. The van der Waals surface area contributed by atoms with E-state index in [1.165, 1.54) is 49.3 Å². The first-order chi connectivity index (χ1) is 28.8. The first-order valence-corrected chi connectivity index (χ1v) is 19.8. The van der Waals surface area contributed by atoms with Crippen LogP contribution in [-0.4, -0.2) is 9.13 Å². The van der Waals surface area contributed by atoms with Gasteiger partial charge < -0.3 is 18.5 Å². The van der Waals surface area contributed by atoms with Crippen LogP contribution in [0.2, 0.25) is 0 Å². The number of fused-ring (bicyclic) bond motifs is 9. The average Bonchev–Trinajstić information content (AvgIpc) is 3.94. The van der Waals surface area contributed by atoms with Crippen molar-refractivity contribution in [2.45, 2.75) is 0 Å². The van der Waals surface area contributed by atoms with E-state index in [1.807, 2.05) is 0 Å². The van der Waals surface area contributed by atoms with E-state index in [9.17, 15) is 0 Å². The molecule has 12 rings (SSSR count). The van der Waals surface area contributed by atoms with E-state index < -0.39 is 0 Å². The lowest BCUT2D eigenvalue weighted by atomic mass is 10.0. The molecule has 0 aliphatic carbocycles. The number of para-hydroxylation sites is 5. The summed E-state index contributed by atoms with van der Waals surface area (Å²) in [5.41, 5.74) is 14.4. The molecule has 3 heterocycles. The van der Waals surface area contributed by atoms with Crippen molar-refractivity contribution >= 4 is 82.6 Å². The van der Waals surface area contributed by atoms with Crippen molar-refractivity contribution in [1.29, 1.82) is 0 Å². The van der Waals surface area contributed by atoms with E-state index in [0.717, 1.165) is 55.8 Å². The standard InChI is InChI=1S/C54H35N3O/c1-4-15-38(16-5-1)55(39-17-6-2-7-18-39)41-29-32-53-46(35-41)45-34-37(28-31-52(45)58-53)36-27-30-49-44(33-36)42-21-10-12-23-47(42)57(49)51-26-14-25-50-54(51)43-22-11-13-24-48(43)56(50)40-19-8-3-9-20-40/h1-35H. The molecule has 0 radical (unpaired) electrons. The highest BCUT2D eigenvalue weighted by Crippen LogP contribution is 2.43. The third-order valence-electron chi connectivity index (χ3n) is 11.7. The Balaban J connectivity index is 1.03. The highest BCUT2D eigenvalue weighted by molar-refractivity contribution is 6.17. The van der Waals surface area contributed by atoms with Gasteiger partial charge in [0.1, 0.15) is 11.2 Å². The quantitative estimate of drug-likeness (QED) is 0.170. The third kappa shape index (κ3) is 4.95. The number of hydrogen-bond donors (Lipinski definition) is 0. The number of anilines is 3. The van der Waals surface area contributed by atoms with Crippen LogP contribution in [0.4, 0.5) is 17.1 Å². The Morgan fingerprint density at radius 3 is 1.59 bits per heavy atom. The molecule has 0 unspecified atom stereocenters. The van der Waals surface area contributed by atoms with E-state index in [4.69, 9.17) is 4.42 Å². The van der Waals surface area contributed by atoms with Crippen LogP contribution in [0.1, 0.15) is 0 Å². The monoisotopic (exact) mass is 741 g/mol. The number of nitrogens with zero attached hydrogens (tertiary/aromatic N) is 3. The number of benzene rings is 9. The normalized spacial score (nSPS) is 11.8. The van der Waals surface area contributed by atoms with Crippen LogP contribution < -0.4 is 4.90 Å². The molecule has 58 heavy (non-hydrogen) atoms. The lowest BCUT2D eigenvalue weighted by Gasteiger charge is -2.25. The summed E-state index contributed by atoms with van der Waals surface area (Å²) >= 11 is 0. The Kier molecular flexibility index (Phi) is 7.20. The maximum absolute atomic E-state index is 6.44. The summed E-state index contributed by atoms with van der Waals surface area (Å²) in [5, 5.41) is 7.11. The van der Waals surface area contributed by atoms with Crippen molar-refractivity contribution in [2.75, 3.05) is 4.90 Å². The van der Waals surface area contributed by atoms with Crippen molar-refractivity contribution in [3.63, 3.8) is 0 Å². The van der Waals surface area contributed by atoms with Gasteiger partial charge in [-0.2, -0.15) is 0 Å². The van der Waals surface area contributed by atoms with Gasteiger partial charge in [0.2, 0.25) is 0 Å². The van der Waals surface area contributed by atoms with Crippen LogP contribution >= 0.6 is 0 Å². The molecule has 4 heteroatoms. The summed E-state index contributed by atoms with van der Waals surface area (Å²) < 4.78 is 11.3. The van der Waals surface area contributed by atoms with Gasteiger partial charge in [-0.05, 0) is 114 Å². The summed E-state index contributed by atoms with van der Waals surface area (Å²) in [6, 6.07) is 76.1. The minimum Gasteiger partial charge on any atom is -0.456 e. The van der Waals surface area contributed by atoms with Crippen LogP contribution in [0.5, 0.6) is 0 Å². The van der Waals surface area contributed by atoms with Crippen molar-refractivity contribution in [3.05, 3.63) is 212 Å². The zero-order chi connectivity index (χ0) is 38.2. The largest absolute Gasteiger partial charge is 0.456 e. The molecule has 9 aromatic carbocycles. The molecule has 0 N–H and O–H groups in total. The van der Waals surface area contributed by atoms with Crippen LogP contribution in [-0.2, 0) is 0 Å². The van der Waals surface area contributed by atoms with Gasteiger partial charge in [0.05, 0.1) is 27.8 Å². The number of hydrogen-bond acceptors (Lipinski definition) is 2. The van der Waals surface area contributed by atoms with Gasteiger partial charge in [0.25, 0.3) is 0 Å². The van der Waals surface area contributed by atoms with Crippen molar-refractivity contribution < 1.29 is 4.42 Å². The highest BCUT2D eigenvalue weighted by Gasteiger charge is 2.21. The minimum absolute atomic E-state index is 0.873. The van der Waals surface area contributed by atoms with Crippen molar-refractivity contribution in [2.24, 2.45) is 0 Å². The molecule has 0 atom stereocenters. The molecule has 4 nitrogen and oxygen atoms in total. The molecule has 0 saturated carbocycles. The van der Waals surface area contributed by atoms with E-state index in [0.29, 0.717) is 0 Å². The molecule has 12 aromatic rings. The van der Waals surface area contributed by atoms with Crippen LogP contribution in [0.3, 0.4) is 0 Å². The van der Waals surface area contributed by atoms with Gasteiger partial charge in [0, 0.05) is 55.1 Å². The number of aromatic nitrogens is 2. The fourth-order valence-corrected chi connectivity index (χ4v) is 9.14.